The molecule has 0 aromatic heterocycles. The molecule has 3 rings (SSSR count). The molecule has 3 aromatic carbocycles. The number of carbonyl (C=O) groups excluding carboxylic acids is 2. The average molecular weight is 577 g/mol. The lowest BCUT2D eigenvalue weighted by atomic mass is 10.1. The number of halogens is 2. The number of nitrogens with zero attached hydrogens (tertiary/aromatic N) is 2. The number of benzene rings is 3. The molecule has 0 saturated heterocycles. The Labute approximate surface area is 234 Å². The van der Waals surface area contributed by atoms with E-state index in [1.165, 1.54) is 17.0 Å². The van der Waals surface area contributed by atoms with Crippen molar-refractivity contribution < 1.29 is 18.0 Å². The van der Waals surface area contributed by atoms with Crippen LogP contribution in [0.25, 0.3) is 0 Å². The normalized spacial score (nSPS) is 12.9. The first-order valence-corrected chi connectivity index (χ1v) is 14.4. The van der Waals surface area contributed by atoms with Gasteiger partial charge in [0.15, 0.2) is 0 Å². The molecule has 0 aliphatic rings. The fourth-order valence-electron chi connectivity index (χ4n) is 3.72. The molecule has 0 aliphatic carbocycles. The van der Waals surface area contributed by atoms with Crippen molar-refractivity contribution in [3.05, 3.63) is 94.5 Å². The summed E-state index contributed by atoms with van der Waals surface area (Å²) in [5.41, 5.74) is 0.899. The molecule has 1 N–H and O–H groups in total. The number of sulfonamides is 1. The number of amides is 2. The highest BCUT2D eigenvalue weighted by molar-refractivity contribution is 7.92. The molecule has 0 spiro atoms. The smallest absolute Gasteiger partial charge is 0.264 e. The summed E-state index contributed by atoms with van der Waals surface area (Å²) in [6.45, 7) is 4.89. The summed E-state index contributed by atoms with van der Waals surface area (Å²) in [5, 5.41) is 3.67. The quantitative estimate of drug-likeness (QED) is 0.326. The lowest BCUT2D eigenvalue weighted by Gasteiger charge is -2.32. The lowest BCUT2D eigenvalue weighted by molar-refractivity contribution is -0.139. The molecular weight excluding hydrogens is 545 g/mol. The molecule has 0 aliphatic heterocycles. The molecule has 202 valence electrons. The third-order valence-electron chi connectivity index (χ3n) is 6.18. The van der Waals surface area contributed by atoms with Crippen LogP contribution in [0.1, 0.15) is 32.8 Å². The average Bonchev–Trinajstić information content (AvgIpc) is 2.91. The zero-order valence-corrected chi connectivity index (χ0v) is 23.8. The maximum Gasteiger partial charge on any atom is 0.264 e. The van der Waals surface area contributed by atoms with Gasteiger partial charge in [0.1, 0.15) is 12.6 Å². The van der Waals surface area contributed by atoms with Gasteiger partial charge in [-0.05, 0) is 62.2 Å². The van der Waals surface area contributed by atoms with E-state index in [-0.39, 0.29) is 23.4 Å². The predicted molar refractivity (Wildman–Crippen MR) is 152 cm³/mol. The standard InChI is InChI=1S/C28H31Cl2N3O4S/c1-4-20(2)31-28(35)21(3)32(18-22-15-16-23(29)17-26(22)30)27(34)19-33(24-11-7-5-8-12-24)38(36,37)25-13-9-6-10-14-25/h5-17,20-21H,4,18-19H2,1-3H3,(H,31,35)/t20-,21+/m1/s1. The summed E-state index contributed by atoms with van der Waals surface area (Å²) in [6.07, 6.45) is 0.715. The summed E-state index contributed by atoms with van der Waals surface area (Å²) in [7, 11) is -4.10. The number of para-hydroxylation sites is 1. The van der Waals surface area contributed by atoms with Crippen molar-refractivity contribution in [3.8, 4) is 0 Å². The van der Waals surface area contributed by atoms with E-state index < -0.39 is 28.5 Å². The molecule has 10 heteroatoms. The predicted octanol–water partition coefficient (Wildman–Crippen LogP) is 5.52. The molecular formula is C28H31Cl2N3O4S. The van der Waals surface area contributed by atoms with E-state index in [1.807, 2.05) is 13.8 Å². The van der Waals surface area contributed by atoms with Crippen LogP contribution < -0.4 is 9.62 Å². The van der Waals surface area contributed by atoms with Crippen LogP contribution in [0.2, 0.25) is 10.0 Å². The fourth-order valence-corrected chi connectivity index (χ4v) is 5.63. The second kappa shape index (κ2) is 13.1. The summed E-state index contributed by atoms with van der Waals surface area (Å²) < 4.78 is 28.4. The van der Waals surface area contributed by atoms with Crippen LogP contribution in [-0.4, -0.2) is 43.8 Å². The number of carbonyl (C=O) groups is 2. The highest BCUT2D eigenvalue weighted by Crippen LogP contribution is 2.26. The maximum atomic E-state index is 13.9. The Morgan fingerprint density at radius 2 is 1.53 bits per heavy atom. The highest BCUT2D eigenvalue weighted by Gasteiger charge is 2.33. The monoisotopic (exact) mass is 575 g/mol. The Hall–Kier alpha value is -3.07. The van der Waals surface area contributed by atoms with Crippen LogP contribution in [0.3, 0.4) is 0 Å². The minimum absolute atomic E-state index is 0.0159. The van der Waals surface area contributed by atoms with Crippen molar-refractivity contribution in [1.29, 1.82) is 0 Å². The number of nitrogens with one attached hydrogen (secondary N) is 1. The summed E-state index contributed by atoms with van der Waals surface area (Å²) in [6, 6.07) is 20.2. The Balaban J connectivity index is 2.01. The molecule has 7 nitrogen and oxygen atoms in total. The van der Waals surface area contributed by atoms with Crippen molar-refractivity contribution in [2.24, 2.45) is 0 Å². The first-order valence-electron chi connectivity index (χ1n) is 12.2. The van der Waals surface area contributed by atoms with Gasteiger partial charge in [-0.1, -0.05) is 72.6 Å². The minimum Gasteiger partial charge on any atom is -0.352 e. The Bertz CT molecular complexity index is 1360. The van der Waals surface area contributed by atoms with Crippen LogP contribution >= 0.6 is 23.2 Å². The van der Waals surface area contributed by atoms with Gasteiger partial charge in [-0.25, -0.2) is 8.42 Å². The van der Waals surface area contributed by atoms with Crippen molar-refractivity contribution in [2.75, 3.05) is 10.8 Å². The molecule has 3 aromatic rings. The van der Waals surface area contributed by atoms with Crippen LogP contribution in [0.4, 0.5) is 5.69 Å². The van der Waals surface area contributed by atoms with E-state index >= 15 is 0 Å². The molecule has 0 fully saturated rings. The van der Waals surface area contributed by atoms with Crippen molar-refractivity contribution in [3.63, 3.8) is 0 Å². The van der Waals surface area contributed by atoms with Crippen LogP contribution in [-0.2, 0) is 26.2 Å². The number of rotatable bonds is 11. The molecule has 2 amide bonds. The summed E-state index contributed by atoms with van der Waals surface area (Å²) in [5.74, 6) is -0.916. The van der Waals surface area contributed by atoms with Gasteiger partial charge in [-0.3, -0.25) is 13.9 Å². The second-order valence-corrected chi connectivity index (χ2v) is 11.6. The SMILES string of the molecule is CC[C@@H](C)NC(=O)[C@H](C)N(Cc1ccc(Cl)cc1Cl)C(=O)CN(c1ccccc1)S(=O)(=O)c1ccccc1. The van der Waals surface area contributed by atoms with Gasteiger partial charge in [0.05, 0.1) is 10.6 Å². The van der Waals surface area contributed by atoms with Crippen LogP contribution in [0, 0.1) is 0 Å². The third kappa shape index (κ3) is 7.28. The van der Waals surface area contributed by atoms with Crippen molar-refractivity contribution in [2.45, 2.75) is 50.7 Å². The highest BCUT2D eigenvalue weighted by atomic mass is 35.5. The molecule has 0 saturated carbocycles. The van der Waals surface area contributed by atoms with Gasteiger partial charge < -0.3 is 10.2 Å². The zero-order chi connectivity index (χ0) is 27.9. The lowest BCUT2D eigenvalue weighted by Crippen LogP contribution is -2.52. The maximum absolute atomic E-state index is 13.9. The molecule has 38 heavy (non-hydrogen) atoms. The summed E-state index contributed by atoms with van der Waals surface area (Å²) in [4.78, 5) is 28.3. The largest absolute Gasteiger partial charge is 0.352 e. The number of hydrogen-bond donors (Lipinski definition) is 1. The number of anilines is 1. The van der Waals surface area contributed by atoms with E-state index in [4.69, 9.17) is 23.2 Å². The first kappa shape index (κ1) is 29.5. The van der Waals surface area contributed by atoms with E-state index in [0.717, 1.165) is 4.31 Å². The minimum atomic E-state index is -4.10. The van der Waals surface area contributed by atoms with E-state index in [0.29, 0.717) is 27.7 Å². The number of hydrogen-bond acceptors (Lipinski definition) is 4. The Morgan fingerprint density at radius 3 is 2.11 bits per heavy atom. The van der Waals surface area contributed by atoms with E-state index in [2.05, 4.69) is 5.32 Å². The molecule has 0 bridgehead atoms. The van der Waals surface area contributed by atoms with Gasteiger partial charge in [-0.15, -0.1) is 0 Å². The van der Waals surface area contributed by atoms with Gasteiger partial charge in [0, 0.05) is 22.6 Å². The van der Waals surface area contributed by atoms with Gasteiger partial charge >= 0.3 is 0 Å². The van der Waals surface area contributed by atoms with E-state index in [1.54, 1.807) is 73.7 Å². The van der Waals surface area contributed by atoms with Gasteiger partial charge in [0.25, 0.3) is 10.0 Å². The molecule has 0 unspecified atom stereocenters. The first-order chi connectivity index (χ1) is 18.0. The van der Waals surface area contributed by atoms with Crippen LogP contribution in [0.15, 0.2) is 83.8 Å². The topological polar surface area (TPSA) is 86.8 Å². The second-order valence-electron chi connectivity index (χ2n) is 8.91. The Morgan fingerprint density at radius 1 is 0.921 bits per heavy atom. The third-order valence-corrected chi connectivity index (χ3v) is 8.55. The molecule has 2 atom stereocenters. The van der Waals surface area contributed by atoms with E-state index in [9.17, 15) is 18.0 Å². The fraction of sp³-hybridized carbons (Fsp3) is 0.286. The van der Waals surface area contributed by atoms with Gasteiger partial charge in [-0.2, -0.15) is 0 Å². The zero-order valence-electron chi connectivity index (χ0n) is 21.5. The van der Waals surface area contributed by atoms with Gasteiger partial charge in [0.2, 0.25) is 11.8 Å². The van der Waals surface area contributed by atoms with Crippen molar-refractivity contribution in [1.82, 2.24) is 10.2 Å². The summed E-state index contributed by atoms with van der Waals surface area (Å²) >= 11 is 12.4. The molecule has 0 radical (unpaired) electrons. The van der Waals surface area contributed by atoms with Crippen molar-refractivity contribution >= 4 is 50.7 Å². The van der Waals surface area contributed by atoms with Crippen LogP contribution in [0.5, 0.6) is 0 Å². The Kier molecular flexibility index (Phi) is 10.2. The molecule has 0 heterocycles.